The van der Waals surface area contributed by atoms with Crippen molar-refractivity contribution < 1.29 is 22.7 Å². The molecule has 1 aliphatic heterocycles. The van der Waals surface area contributed by atoms with E-state index in [1.54, 1.807) is 25.1 Å². The number of thioether (sulfide) groups is 1. The number of carbonyl (C=O) groups is 1. The third-order valence-electron chi connectivity index (χ3n) is 4.88. The van der Waals surface area contributed by atoms with Crippen LogP contribution in [0.5, 0.6) is 11.5 Å². The van der Waals surface area contributed by atoms with Crippen molar-refractivity contribution in [3.8, 4) is 11.5 Å². The number of carbonyl (C=O) groups excluding carboxylic acids is 1. The molecule has 0 bridgehead atoms. The number of anilines is 1. The van der Waals surface area contributed by atoms with Gasteiger partial charge in [-0.05, 0) is 31.9 Å². The monoisotopic (exact) mass is 428 g/mol. The highest BCUT2D eigenvalue weighted by Gasteiger charge is 2.25. The Bertz CT molecular complexity index is 779. The van der Waals surface area contributed by atoms with Crippen molar-refractivity contribution in [1.29, 1.82) is 0 Å². The lowest BCUT2D eigenvalue weighted by molar-refractivity contribution is -0.119. The van der Waals surface area contributed by atoms with Crippen molar-refractivity contribution in [1.82, 2.24) is 5.32 Å². The van der Waals surface area contributed by atoms with Crippen LogP contribution in [-0.4, -0.2) is 57.4 Å². The van der Waals surface area contributed by atoms with Gasteiger partial charge in [-0.25, -0.2) is 8.42 Å². The number of ether oxygens (including phenoxy) is 2. The van der Waals surface area contributed by atoms with Crippen LogP contribution in [0.25, 0.3) is 0 Å². The zero-order valence-electron chi connectivity index (χ0n) is 16.2. The normalized spacial score (nSPS) is 16.8. The molecular weight excluding hydrogens is 400 g/mol. The molecule has 0 unspecified atom stereocenters. The molecule has 1 heterocycles. The maximum Gasteiger partial charge on any atom is 0.240 e. The number of hydrogen-bond donors (Lipinski definition) is 1. The molecule has 1 aromatic carbocycles. The van der Waals surface area contributed by atoms with E-state index in [2.05, 4.69) is 5.32 Å². The Morgan fingerprint density at radius 1 is 1.21 bits per heavy atom. The van der Waals surface area contributed by atoms with Gasteiger partial charge in [0.1, 0.15) is 19.8 Å². The predicted molar refractivity (Wildman–Crippen MR) is 112 cm³/mol. The number of nitrogens with zero attached hydrogens (tertiary/aromatic N) is 1. The zero-order valence-corrected chi connectivity index (χ0v) is 17.8. The van der Waals surface area contributed by atoms with Crippen LogP contribution in [0.2, 0.25) is 0 Å². The highest BCUT2D eigenvalue weighted by atomic mass is 32.2. The molecule has 1 fully saturated rings. The van der Waals surface area contributed by atoms with Crippen LogP contribution < -0.4 is 19.1 Å². The fourth-order valence-electron chi connectivity index (χ4n) is 3.35. The highest BCUT2D eigenvalue weighted by Crippen LogP contribution is 2.34. The van der Waals surface area contributed by atoms with Crippen LogP contribution >= 0.6 is 11.8 Å². The first-order valence-electron chi connectivity index (χ1n) is 9.78. The van der Waals surface area contributed by atoms with E-state index in [0.29, 0.717) is 42.2 Å². The number of hydrogen-bond acceptors (Lipinski definition) is 6. The van der Waals surface area contributed by atoms with Crippen molar-refractivity contribution in [2.24, 2.45) is 0 Å². The molecule has 1 N–H and O–H groups in total. The summed E-state index contributed by atoms with van der Waals surface area (Å²) in [6.07, 6.45) is 5.10. The Kier molecular flexibility index (Phi) is 7.34. The molecular formula is C19H28N2O5S2. The molecule has 1 aliphatic carbocycles. The number of nitrogens with one attached hydrogen (secondary N) is 1. The Balaban J connectivity index is 1.61. The molecule has 3 rings (SSSR count). The Morgan fingerprint density at radius 2 is 1.93 bits per heavy atom. The van der Waals surface area contributed by atoms with Gasteiger partial charge >= 0.3 is 0 Å². The number of fused-ring (bicyclic) bond motifs is 1. The molecule has 156 valence electrons. The van der Waals surface area contributed by atoms with E-state index in [4.69, 9.17) is 9.47 Å². The molecule has 0 radical (unpaired) electrons. The summed E-state index contributed by atoms with van der Waals surface area (Å²) in [5, 5.41) is 3.54. The van der Waals surface area contributed by atoms with Gasteiger partial charge in [-0.15, -0.1) is 0 Å². The molecule has 1 aromatic rings. The summed E-state index contributed by atoms with van der Waals surface area (Å²) in [5.41, 5.74) is 0.404. The fourth-order valence-corrected chi connectivity index (χ4v) is 5.63. The zero-order chi connectivity index (χ0) is 20.0. The summed E-state index contributed by atoms with van der Waals surface area (Å²) in [6, 6.07) is 4.94. The third kappa shape index (κ3) is 5.47. The van der Waals surface area contributed by atoms with Gasteiger partial charge < -0.3 is 14.8 Å². The molecule has 28 heavy (non-hydrogen) atoms. The van der Waals surface area contributed by atoms with Crippen molar-refractivity contribution in [2.45, 2.75) is 37.9 Å². The second-order valence-electron chi connectivity index (χ2n) is 6.86. The van der Waals surface area contributed by atoms with Crippen molar-refractivity contribution >= 4 is 33.4 Å². The molecule has 1 saturated carbocycles. The topological polar surface area (TPSA) is 84.9 Å². The average molecular weight is 429 g/mol. The lowest BCUT2D eigenvalue weighted by Crippen LogP contribution is -2.42. The molecule has 0 aromatic heterocycles. The summed E-state index contributed by atoms with van der Waals surface area (Å²) >= 11 is 1.89. The van der Waals surface area contributed by atoms with Gasteiger partial charge in [0, 0.05) is 23.6 Å². The number of rotatable bonds is 9. The molecule has 0 saturated heterocycles. The van der Waals surface area contributed by atoms with Crippen LogP contribution in [0.1, 0.15) is 32.6 Å². The lowest BCUT2D eigenvalue weighted by Gasteiger charge is -2.25. The second kappa shape index (κ2) is 9.73. The molecule has 7 nitrogen and oxygen atoms in total. The summed E-state index contributed by atoms with van der Waals surface area (Å²) in [4.78, 5) is 12.4. The number of benzene rings is 1. The maximum atomic E-state index is 12.6. The van der Waals surface area contributed by atoms with Gasteiger partial charge in [0.15, 0.2) is 11.5 Å². The Labute approximate surface area is 171 Å². The average Bonchev–Trinajstić information content (AvgIpc) is 3.22. The Hall–Kier alpha value is -1.61. The van der Waals surface area contributed by atoms with E-state index < -0.39 is 10.0 Å². The molecule has 0 spiro atoms. The minimum atomic E-state index is -3.61. The Morgan fingerprint density at radius 3 is 2.64 bits per heavy atom. The molecule has 0 atom stereocenters. The van der Waals surface area contributed by atoms with Crippen molar-refractivity contribution in [3.63, 3.8) is 0 Å². The molecule has 1 amide bonds. The minimum Gasteiger partial charge on any atom is -0.486 e. The van der Waals surface area contributed by atoms with Gasteiger partial charge in [-0.2, -0.15) is 11.8 Å². The largest absolute Gasteiger partial charge is 0.486 e. The number of sulfonamides is 1. The van der Waals surface area contributed by atoms with Gasteiger partial charge in [-0.1, -0.05) is 12.8 Å². The SMILES string of the molecule is CCS(=O)(=O)N(CC(=O)NCCSC1CCCC1)c1ccc2c(c1)OCCO2. The van der Waals surface area contributed by atoms with E-state index in [9.17, 15) is 13.2 Å². The van der Waals surface area contributed by atoms with E-state index >= 15 is 0 Å². The summed E-state index contributed by atoms with van der Waals surface area (Å²) < 4.78 is 37.3. The predicted octanol–water partition coefficient (Wildman–Crippen LogP) is 2.41. The van der Waals surface area contributed by atoms with Crippen LogP contribution in [0.4, 0.5) is 5.69 Å². The van der Waals surface area contributed by atoms with Crippen LogP contribution in [0.3, 0.4) is 0 Å². The third-order valence-corrected chi connectivity index (χ3v) is 8.01. The van der Waals surface area contributed by atoms with Gasteiger partial charge in [0.2, 0.25) is 15.9 Å². The van der Waals surface area contributed by atoms with Crippen molar-refractivity contribution in [3.05, 3.63) is 18.2 Å². The van der Waals surface area contributed by atoms with E-state index in [1.807, 2.05) is 11.8 Å². The standard InChI is InChI=1S/C19H28N2O5S2/c1-2-28(23,24)21(15-7-8-17-18(13-15)26-11-10-25-17)14-19(22)20-9-12-27-16-5-3-4-6-16/h7-8,13,16H,2-6,9-12,14H2,1H3,(H,20,22). The van der Waals surface area contributed by atoms with Gasteiger partial charge in [-0.3, -0.25) is 9.10 Å². The maximum absolute atomic E-state index is 12.6. The molecule has 2 aliphatic rings. The summed E-state index contributed by atoms with van der Waals surface area (Å²) in [6.45, 7) is 2.74. The van der Waals surface area contributed by atoms with Crippen LogP contribution in [-0.2, 0) is 14.8 Å². The van der Waals surface area contributed by atoms with Crippen LogP contribution in [0.15, 0.2) is 18.2 Å². The van der Waals surface area contributed by atoms with E-state index in [1.165, 1.54) is 25.7 Å². The fraction of sp³-hybridized carbons (Fsp3) is 0.632. The quantitative estimate of drug-likeness (QED) is 0.608. The van der Waals surface area contributed by atoms with Gasteiger partial charge in [0.25, 0.3) is 0 Å². The smallest absolute Gasteiger partial charge is 0.240 e. The lowest BCUT2D eigenvalue weighted by atomic mass is 10.2. The summed E-state index contributed by atoms with van der Waals surface area (Å²) in [5.74, 6) is 1.53. The van der Waals surface area contributed by atoms with Crippen molar-refractivity contribution in [2.75, 3.05) is 42.1 Å². The number of amides is 1. The molecule has 9 heteroatoms. The van der Waals surface area contributed by atoms with Crippen LogP contribution in [0, 0.1) is 0 Å². The van der Waals surface area contributed by atoms with E-state index in [-0.39, 0.29) is 18.2 Å². The van der Waals surface area contributed by atoms with Gasteiger partial charge in [0.05, 0.1) is 11.4 Å². The first-order chi connectivity index (χ1) is 13.5. The van der Waals surface area contributed by atoms with E-state index in [0.717, 1.165) is 10.1 Å². The highest BCUT2D eigenvalue weighted by molar-refractivity contribution is 7.99. The minimum absolute atomic E-state index is 0.0910. The first kappa shape index (κ1) is 21.1. The second-order valence-corrected chi connectivity index (χ2v) is 10.5. The first-order valence-corrected chi connectivity index (χ1v) is 12.4. The summed E-state index contributed by atoms with van der Waals surface area (Å²) in [7, 11) is -3.61.